The molecule has 0 spiro atoms. The van der Waals surface area contributed by atoms with E-state index in [1.165, 1.54) is 56.4 Å². The van der Waals surface area contributed by atoms with Crippen molar-refractivity contribution >= 4 is 17.9 Å². The molecule has 0 bridgehead atoms. The molecule has 4 nitrogen and oxygen atoms in total. The van der Waals surface area contributed by atoms with Crippen LogP contribution in [0.25, 0.3) is 0 Å². The molecule has 3 rings (SSSR count). The Morgan fingerprint density at radius 2 is 1.61 bits per heavy atom. The topological polar surface area (TPSA) is 47.9 Å². The summed E-state index contributed by atoms with van der Waals surface area (Å²) in [6.07, 6.45) is 9.23. The van der Waals surface area contributed by atoms with Gasteiger partial charge in [-0.25, -0.2) is 9.18 Å². The van der Waals surface area contributed by atoms with Gasteiger partial charge in [0, 0.05) is 12.3 Å². The molecule has 0 atom stereocenters. The summed E-state index contributed by atoms with van der Waals surface area (Å²) in [6, 6.07) is 20.0. The maximum atomic E-state index is 13.2. The third-order valence-corrected chi connectivity index (χ3v) is 5.12. The Labute approximate surface area is 195 Å². The van der Waals surface area contributed by atoms with Gasteiger partial charge in [0.2, 0.25) is 0 Å². The van der Waals surface area contributed by atoms with Crippen LogP contribution in [0.1, 0.15) is 61.4 Å². The van der Waals surface area contributed by atoms with E-state index in [0.717, 1.165) is 24.3 Å². The summed E-state index contributed by atoms with van der Waals surface area (Å²) in [4.78, 5) is 16.7. The summed E-state index contributed by atoms with van der Waals surface area (Å²) < 4.78 is 24.2. The number of aliphatic imine (C=N–C) groups is 1. The van der Waals surface area contributed by atoms with Gasteiger partial charge in [0.25, 0.3) is 0 Å². The Hall–Kier alpha value is -3.47. The molecule has 0 aliphatic heterocycles. The monoisotopic (exact) mass is 447 g/mol. The van der Waals surface area contributed by atoms with Crippen LogP contribution in [0.2, 0.25) is 0 Å². The smallest absolute Gasteiger partial charge is 0.343 e. The van der Waals surface area contributed by atoms with Gasteiger partial charge in [0.05, 0.1) is 17.9 Å². The van der Waals surface area contributed by atoms with E-state index in [-0.39, 0.29) is 5.75 Å². The van der Waals surface area contributed by atoms with E-state index >= 15 is 0 Å². The molecule has 0 amide bonds. The predicted molar refractivity (Wildman–Crippen MR) is 130 cm³/mol. The highest BCUT2D eigenvalue weighted by atomic mass is 19.1. The molecule has 0 aliphatic carbocycles. The van der Waals surface area contributed by atoms with Gasteiger partial charge < -0.3 is 9.47 Å². The van der Waals surface area contributed by atoms with Crippen LogP contribution in [0.3, 0.4) is 0 Å². The van der Waals surface area contributed by atoms with E-state index in [9.17, 15) is 9.18 Å². The number of esters is 1. The van der Waals surface area contributed by atoms with Gasteiger partial charge in [-0.1, -0.05) is 45.1 Å². The van der Waals surface area contributed by atoms with Crippen LogP contribution in [0.15, 0.2) is 77.8 Å². The number of carbonyl (C=O) groups is 1. The molecule has 172 valence electrons. The first-order valence-corrected chi connectivity index (χ1v) is 11.5. The second-order valence-corrected chi connectivity index (χ2v) is 7.84. The second kappa shape index (κ2) is 13.2. The fourth-order valence-electron chi connectivity index (χ4n) is 3.25. The molecule has 5 heteroatoms. The molecular formula is C28H30FNO3. The summed E-state index contributed by atoms with van der Waals surface area (Å²) in [5, 5.41) is 0. The second-order valence-electron chi connectivity index (χ2n) is 7.84. The zero-order valence-electron chi connectivity index (χ0n) is 19.0. The standard InChI is InChI=1S/C28H30FNO3/c1-2-3-4-5-6-7-19-32-26-17-11-22(12-18-26)21-30-25-15-13-23(14-16-25)28(31)33-27-10-8-9-24(29)20-27/h8-18,20-21H,2-7,19H2,1H3. The van der Waals surface area contributed by atoms with Crippen LogP contribution >= 0.6 is 0 Å². The Bertz CT molecular complexity index is 1030. The first kappa shape index (κ1) is 24.2. The molecule has 0 radical (unpaired) electrons. The zero-order chi connectivity index (χ0) is 23.3. The summed E-state index contributed by atoms with van der Waals surface area (Å²) in [7, 11) is 0. The Balaban J connectivity index is 1.45. The summed E-state index contributed by atoms with van der Waals surface area (Å²) in [5.74, 6) is 0.0263. The van der Waals surface area contributed by atoms with E-state index in [4.69, 9.17) is 9.47 Å². The quantitative estimate of drug-likeness (QED) is 0.125. The molecule has 0 unspecified atom stereocenters. The molecular weight excluding hydrogens is 417 g/mol. The molecule has 0 aliphatic rings. The highest BCUT2D eigenvalue weighted by molar-refractivity contribution is 5.91. The van der Waals surface area contributed by atoms with E-state index in [1.807, 2.05) is 24.3 Å². The van der Waals surface area contributed by atoms with E-state index in [1.54, 1.807) is 30.5 Å². The minimum atomic E-state index is -0.548. The van der Waals surface area contributed by atoms with Gasteiger partial charge in [-0.2, -0.15) is 0 Å². The third kappa shape index (κ3) is 8.53. The fraction of sp³-hybridized carbons (Fsp3) is 0.286. The largest absolute Gasteiger partial charge is 0.494 e. The number of benzene rings is 3. The third-order valence-electron chi connectivity index (χ3n) is 5.12. The first-order valence-electron chi connectivity index (χ1n) is 11.5. The molecule has 0 fully saturated rings. The number of nitrogens with zero attached hydrogens (tertiary/aromatic N) is 1. The molecule has 0 aromatic heterocycles. The molecule has 3 aromatic carbocycles. The maximum absolute atomic E-state index is 13.2. The predicted octanol–water partition coefficient (Wildman–Crippen LogP) is 7.53. The lowest BCUT2D eigenvalue weighted by Crippen LogP contribution is -2.08. The minimum Gasteiger partial charge on any atom is -0.494 e. The Morgan fingerprint density at radius 3 is 2.33 bits per heavy atom. The molecule has 33 heavy (non-hydrogen) atoms. The number of rotatable bonds is 12. The maximum Gasteiger partial charge on any atom is 0.343 e. The summed E-state index contributed by atoms with van der Waals surface area (Å²) in [5.41, 5.74) is 2.03. The average Bonchev–Trinajstić information content (AvgIpc) is 2.83. The van der Waals surface area contributed by atoms with Crippen LogP contribution in [0, 0.1) is 5.82 Å². The normalized spacial score (nSPS) is 11.0. The lowest BCUT2D eigenvalue weighted by atomic mass is 10.1. The fourth-order valence-corrected chi connectivity index (χ4v) is 3.25. The molecule has 3 aromatic rings. The lowest BCUT2D eigenvalue weighted by molar-refractivity contribution is 0.0734. The van der Waals surface area contributed by atoms with Crippen molar-refractivity contribution in [2.24, 2.45) is 4.99 Å². The van der Waals surface area contributed by atoms with Gasteiger partial charge in [0.1, 0.15) is 17.3 Å². The van der Waals surface area contributed by atoms with Crippen molar-refractivity contribution in [1.82, 2.24) is 0 Å². The minimum absolute atomic E-state index is 0.168. The molecule has 0 N–H and O–H groups in total. The van der Waals surface area contributed by atoms with E-state index in [2.05, 4.69) is 11.9 Å². The highest BCUT2D eigenvalue weighted by Crippen LogP contribution is 2.18. The molecule has 0 saturated carbocycles. The number of hydrogen-bond acceptors (Lipinski definition) is 4. The van der Waals surface area contributed by atoms with Crippen molar-refractivity contribution in [3.05, 3.63) is 89.7 Å². The first-order chi connectivity index (χ1) is 16.1. The van der Waals surface area contributed by atoms with Crippen molar-refractivity contribution in [2.75, 3.05) is 6.61 Å². The van der Waals surface area contributed by atoms with Crippen molar-refractivity contribution in [3.63, 3.8) is 0 Å². The average molecular weight is 448 g/mol. The SMILES string of the molecule is CCCCCCCCOc1ccc(C=Nc2ccc(C(=O)Oc3cccc(F)c3)cc2)cc1. The summed E-state index contributed by atoms with van der Waals surface area (Å²) >= 11 is 0. The number of carbonyl (C=O) groups excluding carboxylic acids is 1. The highest BCUT2D eigenvalue weighted by Gasteiger charge is 2.09. The van der Waals surface area contributed by atoms with Crippen LogP contribution in [0.4, 0.5) is 10.1 Å². The van der Waals surface area contributed by atoms with Crippen molar-refractivity contribution < 1.29 is 18.7 Å². The number of halogens is 1. The Morgan fingerprint density at radius 1 is 0.879 bits per heavy atom. The van der Waals surface area contributed by atoms with E-state index < -0.39 is 11.8 Å². The van der Waals surface area contributed by atoms with Gasteiger partial charge in [-0.15, -0.1) is 0 Å². The van der Waals surface area contributed by atoms with E-state index in [0.29, 0.717) is 11.3 Å². The zero-order valence-corrected chi connectivity index (χ0v) is 19.0. The Kier molecular flexibility index (Phi) is 9.64. The van der Waals surface area contributed by atoms with Crippen LogP contribution in [0.5, 0.6) is 11.5 Å². The van der Waals surface area contributed by atoms with Crippen LogP contribution < -0.4 is 9.47 Å². The van der Waals surface area contributed by atoms with Gasteiger partial charge in [-0.3, -0.25) is 4.99 Å². The van der Waals surface area contributed by atoms with Gasteiger partial charge >= 0.3 is 5.97 Å². The van der Waals surface area contributed by atoms with Crippen molar-refractivity contribution in [2.45, 2.75) is 45.4 Å². The molecule has 0 heterocycles. The van der Waals surface area contributed by atoms with Gasteiger partial charge in [-0.05, 0) is 72.6 Å². The van der Waals surface area contributed by atoms with Crippen molar-refractivity contribution in [1.29, 1.82) is 0 Å². The van der Waals surface area contributed by atoms with Crippen molar-refractivity contribution in [3.8, 4) is 11.5 Å². The number of unbranched alkanes of at least 4 members (excludes halogenated alkanes) is 5. The van der Waals surface area contributed by atoms with Crippen LogP contribution in [-0.2, 0) is 0 Å². The molecule has 0 saturated heterocycles. The van der Waals surface area contributed by atoms with Crippen LogP contribution in [-0.4, -0.2) is 18.8 Å². The van der Waals surface area contributed by atoms with Gasteiger partial charge in [0.15, 0.2) is 0 Å². The number of hydrogen-bond donors (Lipinski definition) is 0. The lowest BCUT2D eigenvalue weighted by Gasteiger charge is -2.06. The summed E-state index contributed by atoms with van der Waals surface area (Å²) in [6.45, 7) is 2.97. The number of ether oxygens (including phenoxy) is 2.